The van der Waals surface area contributed by atoms with E-state index in [1.54, 1.807) is 14.2 Å². The molecule has 3 aromatic rings. The van der Waals surface area contributed by atoms with E-state index in [0.717, 1.165) is 95.8 Å². The smallest absolute Gasteiger partial charge is 0.407 e. The molecule has 1 heterocycles. The summed E-state index contributed by atoms with van der Waals surface area (Å²) < 4.78 is 40.6. The summed E-state index contributed by atoms with van der Waals surface area (Å²) in [5.41, 5.74) is 3.94. The van der Waals surface area contributed by atoms with Crippen molar-refractivity contribution in [2.75, 3.05) is 47.1 Å². The van der Waals surface area contributed by atoms with Crippen LogP contribution < -0.4 is 14.8 Å². The van der Waals surface area contributed by atoms with Crippen molar-refractivity contribution in [3.8, 4) is 17.6 Å². The van der Waals surface area contributed by atoms with Crippen LogP contribution in [0, 0.1) is 63.6 Å². The van der Waals surface area contributed by atoms with Gasteiger partial charge < -0.3 is 38.2 Å². The quantitative estimate of drug-likeness (QED) is 0.0324. The maximum absolute atomic E-state index is 14.3. The van der Waals surface area contributed by atoms with Gasteiger partial charge in [0.25, 0.3) is 8.53 Å². The summed E-state index contributed by atoms with van der Waals surface area (Å²) in [5.74, 6) is 6.13. The van der Waals surface area contributed by atoms with Gasteiger partial charge >= 0.3 is 6.09 Å². The molecule has 0 bridgehead atoms. The Bertz CT molecular complexity index is 2520. The number of ether oxygens (including phenoxy) is 4. The number of nitriles is 1. The molecule has 3 aromatic carbocycles. The first-order valence-corrected chi connectivity index (χ1v) is 32.7. The summed E-state index contributed by atoms with van der Waals surface area (Å²) in [6.45, 7) is 22.8. The number of fused-ring (bicyclic) bond motifs is 5. The molecule has 3 saturated carbocycles. The van der Waals surface area contributed by atoms with Crippen LogP contribution in [0.5, 0.6) is 11.5 Å². The minimum absolute atomic E-state index is 0.0619. The predicted octanol–water partition coefficient (Wildman–Crippen LogP) is 15.8. The van der Waals surface area contributed by atoms with Crippen LogP contribution in [0.3, 0.4) is 0 Å². The number of nitrogens with one attached hydrogen (secondary N) is 1. The molecule has 1 N–H and O–H groups in total. The molecule has 0 aromatic heterocycles. The zero-order chi connectivity index (χ0) is 58.6. The molecular weight excluding hydrogens is 1040 g/mol. The average molecular weight is 1150 g/mol. The SMILES string of the molecule is COc1ccc(C(OCC2CN(C(=O)CCCCCNC(=O)OC3CC[C@@]4(C)C(=CCC5C4CC[C@@]4(C)C5CC[C@@H]4C(C)CCCC(C)C)C3)CC2OP(OCCC#N)N(C(C)C)C(C)C)(c2ccccc2)c2ccc(OC)cc2)cc1. The Hall–Kier alpha value is -4.50. The van der Waals surface area contributed by atoms with Gasteiger partial charge in [0.2, 0.25) is 5.91 Å². The normalized spacial score (nSPS) is 26.9. The van der Waals surface area contributed by atoms with Crippen LogP contribution in [0.15, 0.2) is 90.5 Å². The Balaban J connectivity index is 0.873. The number of alkyl carbamates (subject to hydrolysis) is 1. The number of methoxy groups -OCH3 is 2. The summed E-state index contributed by atoms with van der Waals surface area (Å²) >= 11 is 0. The molecule has 5 aliphatic rings. The summed E-state index contributed by atoms with van der Waals surface area (Å²) in [7, 11) is 1.72. The summed E-state index contributed by atoms with van der Waals surface area (Å²) in [4.78, 5) is 29.6. The van der Waals surface area contributed by atoms with Crippen molar-refractivity contribution in [3.05, 3.63) is 107 Å². The van der Waals surface area contributed by atoms with Crippen molar-refractivity contribution in [1.29, 1.82) is 5.26 Å². The highest BCUT2D eigenvalue weighted by Crippen LogP contribution is 2.67. The molecule has 13 heteroatoms. The minimum Gasteiger partial charge on any atom is -0.497 e. The maximum atomic E-state index is 14.3. The molecule has 82 heavy (non-hydrogen) atoms. The summed E-state index contributed by atoms with van der Waals surface area (Å²) in [6, 6.07) is 28.7. The van der Waals surface area contributed by atoms with E-state index in [4.69, 9.17) is 28.0 Å². The highest BCUT2D eigenvalue weighted by Gasteiger charge is 2.59. The summed E-state index contributed by atoms with van der Waals surface area (Å²) in [5, 5.41) is 12.6. The third-order valence-electron chi connectivity index (χ3n) is 20.2. The van der Waals surface area contributed by atoms with Gasteiger partial charge in [-0.15, -0.1) is 0 Å². The molecule has 1 saturated heterocycles. The van der Waals surface area contributed by atoms with E-state index >= 15 is 0 Å². The topological polar surface area (TPSA) is 132 Å². The Morgan fingerprint density at radius 2 is 1.46 bits per heavy atom. The molecule has 0 spiro atoms. The number of nitrogens with zero attached hydrogens (tertiary/aromatic N) is 3. The van der Waals surface area contributed by atoms with E-state index in [0.29, 0.717) is 37.9 Å². The van der Waals surface area contributed by atoms with Crippen LogP contribution in [0.1, 0.15) is 182 Å². The lowest BCUT2D eigenvalue weighted by Gasteiger charge is -2.58. The van der Waals surface area contributed by atoms with Crippen molar-refractivity contribution < 1.29 is 37.6 Å². The number of carbonyl (C=O) groups excluding carboxylic acids is 2. The molecule has 4 fully saturated rings. The summed E-state index contributed by atoms with van der Waals surface area (Å²) in [6.07, 6.45) is 18.3. The average Bonchev–Trinajstić information content (AvgIpc) is 1.94. The second-order valence-corrected chi connectivity index (χ2v) is 27.8. The third kappa shape index (κ3) is 14.6. The Morgan fingerprint density at radius 1 is 0.793 bits per heavy atom. The van der Waals surface area contributed by atoms with E-state index in [1.807, 2.05) is 47.4 Å². The van der Waals surface area contributed by atoms with Crippen molar-refractivity contribution in [3.63, 3.8) is 0 Å². The van der Waals surface area contributed by atoms with Gasteiger partial charge in [-0.2, -0.15) is 5.26 Å². The number of carbonyl (C=O) groups is 2. The minimum atomic E-state index is -1.61. The molecule has 2 amide bonds. The van der Waals surface area contributed by atoms with E-state index in [9.17, 15) is 14.9 Å². The Kier molecular flexibility index (Phi) is 22.5. The van der Waals surface area contributed by atoms with Crippen LogP contribution in [0.2, 0.25) is 0 Å². The molecule has 11 atom stereocenters. The largest absolute Gasteiger partial charge is 0.497 e. The van der Waals surface area contributed by atoms with Crippen LogP contribution >= 0.6 is 8.53 Å². The molecule has 450 valence electrons. The van der Waals surface area contributed by atoms with Crippen LogP contribution in [0.4, 0.5) is 4.79 Å². The first-order chi connectivity index (χ1) is 39.4. The number of unbranched alkanes of at least 4 members (excludes halogenated alkanes) is 2. The maximum Gasteiger partial charge on any atom is 0.407 e. The molecule has 8 unspecified atom stereocenters. The van der Waals surface area contributed by atoms with E-state index in [1.165, 1.54) is 56.9 Å². The number of likely N-dealkylation sites (tertiary alicyclic amines) is 1. The number of benzene rings is 3. The van der Waals surface area contributed by atoms with Gasteiger partial charge in [0.15, 0.2) is 0 Å². The van der Waals surface area contributed by atoms with Crippen molar-refractivity contribution in [2.24, 2.45) is 52.3 Å². The van der Waals surface area contributed by atoms with Gasteiger partial charge in [-0.3, -0.25) is 4.79 Å². The first kappa shape index (κ1) is 63.5. The number of amides is 2. The van der Waals surface area contributed by atoms with Gasteiger partial charge in [-0.1, -0.05) is 127 Å². The highest BCUT2D eigenvalue weighted by atomic mass is 31.2. The molecule has 1 aliphatic heterocycles. The third-order valence-corrected chi connectivity index (χ3v) is 22.3. The van der Waals surface area contributed by atoms with Crippen LogP contribution in [-0.2, 0) is 28.9 Å². The monoisotopic (exact) mass is 1140 g/mol. The molecule has 12 nitrogen and oxygen atoms in total. The number of rotatable bonds is 28. The second kappa shape index (κ2) is 29.1. The molecular formula is C69H101N4O8P. The zero-order valence-corrected chi connectivity index (χ0v) is 52.7. The lowest BCUT2D eigenvalue weighted by atomic mass is 9.47. The standard InChI is InChI=1S/C69H101N4O8P/c1-48(2)20-18-21-51(7)61-35-36-62-60-34-29-56-44-59(37-39-67(56,8)63(60)38-40-68(61,62)9)80-66(75)71-42-17-13-16-24-65(74)72-45-52(64(46-72)81-82(79-43-19-41-70)73(49(3)4)50(5)6)47-78-69(53-22-14-12-15-23-53,54-25-30-57(76-10)31-26-54)55-27-32-58(77-11)33-28-55/h12,14-15,22-23,25-33,48-52,59-64H,13,16-21,24,34-40,42-47H2,1-11H3,(H,71,75)/t51?,52?,59?,60?,61-,62?,63?,64?,67+,68-,82?/m1/s1. The lowest BCUT2D eigenvalue weighted by Crippen LogP contribution is -2.51. The highest BCUT2D eigenvalue weighted by molar-refractivity contribution is 7.44. The van der Waals surface area contributed by atoms with E-state index < -0.39 is 20.2 Å². The van der Waals surface area contributed by atoms with Crippen LogP contribution in [-0.4, -0.2) is 92.9 Å². The first-order valence-electron chi connectivity index (χ1n) is 31.6. The van der Waals surface area contributed by atoms with Gasteiger partial charge in [-0.25, -0.2) is 9.46 Å². The van der Waals surface area contributed by atoms with Crippen molar-refractivity contribution in [2.45, 2.75) is 195 Å². The molecule has 0 radical (unpaired) electrons. The van der Waals surface area contributed by atoms with E-state index in [-0.39, 0.29) is 61.2 Å². The molecule has 8 rings (SSSR count). The van der Waals surface area contributed by atoms with Crippen molar-refractivity contribution >= 4 is 20.5 Å². The fourth-order valence-corrected chi connectivity index (χ4v) is 17.7. The second-order valence-electron chi connectivity index (χ2n) is 26.4. The van der Waals surface area contributed by atoms with E-state index in [2.05, 4.69) is 121 Å². The predicted molar refractivity (Wildman–Crippen MR) is 328 cm³/mol. The Labute approximate surface area is 495 Å². The Morgan fingerprint density at radius 3 is 2.10 bits per heavy atom. The zero-order valence-electron chi connectivity index (χ0n) is 51.8. The van der Waals surface area contributed by atoms with Gasteiger partial charge in [0.1, 0.15) is 23.2 Å². The number of hydrogen-bond acceptors (Lipinski definition) is 10. The van der Waals surface area contributed by atoms with Gasteiger partial charge in [-0.05, 0) is 173 Å². The van der Waals surface area contributed by atoms with Gasteiger partial charge in [0.05, 0.1) is 46.0 Å². The molecule has 4 aliphatic carbocycles. The van der Waals surface area contributed by atoms with Gasteiger partial charge in [0, 0.05) is 50.5 Å². The number of allylic oxidation sites excluding steroid dienone is 1. The fraction of sp³-hybridized carbons (Fsp3) is 0.667. The fourth-order valence-electron chi connectivity index (χ4n) is 15.9. The number of hydrogen-bond donors (Lipinski definition) is 1. The lowest BCUT2D eigenvalue weighted by molar-refractivity contribution is -0.130. The van der Waals surface area contributed by atoms with Crippen molar-refractivity contribution in [1.82, 2.24) is 14.9 Å². The van der Waals surface area contributed by atoms with Crippen LogP contribution in [0.25, 0.3) is 0 Å².